The van der Waals surface area contributed by atoms with E-state index >= 15 is 0 Å². The van der Waals surface area contributed by atoms with Gasteiger partial charge in [-0.15, -0.1) is 11.3 Å². The lowest BCUT2D eigenvalue weighted by Crippen LogP contribution is -2.24. The molecule has 0 bridgehead atoms. The summed E-state index contributed by atoms with van der Waals surface area (Å²) in [5, 5.41) is 12.9. The van der Waals surface area contributed by atoms with Gasteiger partial charge in [0.05, 0.1) is 15.6 Å². The third-order valence-electron chi connectivity index (χ3n) is 2.26. The second kappa shape index (κ2) is 5.41. The number of hydrogen-bond donors (Lipinski definition) is 2. The van der Waals surface area contributed by atoms with Gasteiger partial charge in [-0.3, -0.25) is 4.79 Å². The molecule has 0 saturated heterocycles. The van der Waals surface area contributed by atoms with Crippen LogP contribution in [0, 0.1) is 12.8 Å². The van der Waals surface area contributed by atoms with E-state index in [1.807, 2.05) is 6.92 Å². The molecule has 0 saturated carbocycles. The van der Waals surface area contributed by atoms with Crippen molar-refractivity contribution in [3.8, 4) is 0 Å². The van der Waals surface area contributed by atoms with Gasteiger partial charge in [-0.25, -0.2) is 4.98 Å². The van der Waals surface area contributed by atoms with Gasteiger partial charge in [-0.2, -0.15) is 0 Å². The number of rotatable bonds is 5. The maximum atomic E-state index is 11.0. The predicted octanol–water partition coefficient (Wildman–Crippen LogP) is 2.00. The molecule has 2 N–H and O–H groups in total. The smallest absolute Gasteiger partial charge is 0.326 e. The van der Waals surface area contributed by atoms with Gasteiger partial charge >= 0.3 is 5.97 Å². The minimum Gasteiger partial charge on any atom is -0.480 e. The summed E-state index contributed by atoms with van der Waals surface area (Å²) in [4.78, 5) is 16.3. The standard InChI is InChI=1S/C11H18N2O2S/c1-6(2)5-8-13-7(3)10(16-8)9(12-4)11(14)15/h6,9,12H,5H2,1-4H3,(H,14,15). The molecule has 1 aromatic heterocycles. The minimum absolute atomic E-state index is 0.538. The number of aliphatic carboxylic acids is 1. The second-order valence-electron chi connectivity index (χ2n) is 4.22. The number of carboxylic acids is 1. The van der Waals surface area contributed by atoms with E-state index in [0.717, 1.165) is 22.0 Å². The van der Waals surface area contributed by atoms with Gasteiger partial charge in [0, 0.05) is 6.42 Å². The molecule has 0 amide bonds. The van der Waals surface area contributed by atoms with Gasteiger partial charge in [0.2, 0.25) is 0 Å². The molecule has 0 aromatic carbocycles. The number of carbonyl (C=O) groups is 1. The van der Waals surface area contributed by atoms with E-state index in [1.54, 1.807) is 7.05 Å². The van der Waals surface area contributed by atoms with Crippen LogP contribution >= 0.6 is 11.3 Å². The molecule has 0 spiro atoms. The molecule has 5 heteroatoms. The summed E-state index contributed by atoms with van der Waals surface area (Å²) in [6.45, 7) is 6.12. The van der Waals surface area contributed by atoms with Crippen molar-refractivity contribution in [2.75, 3.05) is 7.05 Å². The summed E-state index contributed by atoms with van der Waals surface area (Å²) in [6.07, 6.45) is 0.904. The Morgan fingerprint density at radius 3 is 2.62 bits per heavy atom. The van der Waals surface area contributed by atoms with Crippen LogP contribution in [0.25, 0.3) is 0 Å². The molecule has 1 unspecified atom stereocenters. The van der Waals surface area contributed by atoms with Crippen LogP contribution in [-0.2, 0) is 11.2 Å². The van der Waals surface area contributed by atoms with E-state index < -0.39 is 12.0 Å². The Kier molecular flexibility index (Phi) is 4.44. The summed E-state index contributed by atoms with van der Waals surface area (Å²) >= 11 is 1.49. The average Bonchev–Trinajstić information content (AvgIpc) is 2.46. The van der Waals surface area contributed by atoms with E-state index in [-0.39, 0.29) is 0 Å². The fourth-order valence-electron chi connectivity index (χ4n) is 1.54. The summed E-state index contributed by atoms with van der Waals surface area (Å²) in [6, 6.07) is -0.640. The highest BCUT2D eigenvalue weighted by atomic mass is 32.1. The van der Waals surface area contributed by atoms with Crippen molar-refractivity contribution in [1.82, 2.24) is 10.3 Å². The van der Waals surface area contributed by atoms with E-state index in [4.69, 9.17) is 5.11 Å². The maximum absolute atomic E-state index is 11.0. The fraction of sp³-hybridized carbons (Fsp3) is 0.636. The topological polar surface area (TPSA) is 62.2 Å². The summed E-state index contributed by atoms with van der Waals surface area (Å²) in [7, 11) is 1.65. The zero-order valence-corrected chi connectivity index (χ0v) is 10.9. The largest absolute Gasteiger partial charge is 0.480 e. The van der Waals surface area contributed by atoms with Crippen LogP contribution in [-0.4, -0.2) is 23.1 Å². The maximum Gasteiger partial charge on any atom is 0.326 e. The fourth-order valence-corrected chi connectivity index (χ4v) is 2.92. The van der Waals surface area contributed by atoms with Crippen molar-refractivity contribution < 1.29 is 9.90 Å². The normalized spacial score (nSPS) is 13.1. The number of thiazole rings is 1. The van der Waals surface area contributed by atoms with Gasteiger partial charge in [0.25, 0.3) is 0 Å². The molecular weight excluding hydrogens is 224 g/mol. The van der Waals surface area contributed by atoms with Gasteiger partial charge < -0.3 is 10.4 Å². The first-order valence-corrected chi connectivity index (χ1v) is 6.13. The van der Waals surface area contributed by atoms with Crippen LogP contribution < -0.4 is 5.32 Å². The Balaban J connectivity index is 2.96. The lowest BCUT2D eigenvalue weighted by atomic mass is 10.1. The van der Waals surface area contributed by atoms with E-state index in [2.05, 4.69) is 24.1 Å². The molecule has 16 heavy (non-hydrogen) atoms. The second-order valence-corrected chi connectivity index (χ2v) is 5.33. The van der Waals surface area contributed by atoms with Crippen LogP contribution in [0.5, 0.6) is 0 Å². The van der Waals surface area contributed by atoms with Crippen LogP contribution in [0.15, 0.2) is 0 Å². The first kappa shape index (κ1) is 13.1. The number of nitrogens with one attached hydrogen (secondary N) is 1. The van der Waals surface area contributed by atoms with E-state index in [1.165, 1.54) is 11.3 Å². The molecule has 0 fully saturated rings. The van der Waals surface area contributed by atoms with Crippen LogP contribution in [0.2, 0.25) is 0 Å². The van der Waals surface area contributed by atoms with Crippen molar-refractivity contribution in [3.63, 3.8) is 0 Å². The summed E-state index contributed by atoms with van der Waals surface area (Å²) in [5.74, 6) is -0.318. The molecule has 0 aliphatic carbocycles. The molecule has 1 rings (SSSR count). The van der Waals surface area contributed by atoms with Gasteiger partial charge in [0.1, 0.15) is 6.04 Å². The Morgan fingerprint density at radius 1 is 1.56 bits per heavy atom. The number of nitrogens with zero attached hydrogens (tertiary/aromatic N) is 1. The Morgan fingerprint density at radius 2 is 2.19 bits per heavy atom. The SMILES string of the molecule is CNC(C(=O)O)c1sc(CC(C)C)nc1C. The first-order chi connectivity index (χ1) is 7.45. The van der Waals surface area contributed by atoms with Crippen LogP contribution in [0.1, 0.15) is 35.5 Å². The number of aryl methyl sites for hydroxylation is 1. The van der Waals surface area contributed by atoms with Crippen LogP contribution in [0.4, 0.5) is 0 Å². The third-order valence-corrected chi connectivity index (χ3v) is 3.50. The van der Waals surface area contributed by atoms with Gasteiger partial charge in [-0.05, 0) is 19.9 Å². The zero-order chi connectivity index (χ0) is 12.3. The lowest BCUT2D eigenvalue weighted by molar-refractivity contribution is -0.139. The molecule has 4 nitrogen and oxygen atoms in total. The van der Waals surface area contributed by atoms with Crippen molar-refractivity contribution in [2.45, 2.75) is 33.2 Å². The van der Waals surface area contributed by atoms with Gasteiger partial charge in [0.15, 0.2) is 0 Å². The minimum atomic E-state index is -0.856. The number of hydrogen-bond acceptors (Lipinski definition) is 4. The number of likely N-dealkylation sites (N-methyl/N-ethyl adjacent to an activating group) is 1. The number of carboxylic acid groups (broad SMARTS) is 1. The molecular formula is C11H18N2O2S. The van der Waals surface area contributed by atoms with Gasteiger partial charge in [-0.1, -0.05) is 13.8 Å². The average molecular weight is 242 g/mol. The summed E-state index contributed by atoms with van der Waals surface area (Å²) in [5.41, 5.74) is 0.822. The highest BCUT2D eigenvalue weighted by Crippen LogP contribution is 2.26. The molecule has 1 atom stereocenters. The van der Waals surface area contributed by atoms with Crippen molar-refractivity contribution in [1.29, 1.82) is 0 Å². The Labute approximate surface area is 99.7 Å². The van der Waals surface area contributed by atoms with E-state index in [9.17, 15) is 4.79 Å². The van der Waals surface area contributed by atoms with Crippen molar-refractivity contribution in [3.05, 3.63) is 15.6 Å². The molecule has 90 valence electrons. The molecule has 1 heterocycles. The third kappa shape index (κ3) is 3.02. The zero-order valence-electron chi connectivity index (χ0n) is 10.1. The monoisotopic (exact) mass is 242 g/mol. The van der Waals surface area contributed by atoms with E-state index in [0.29, 0.717) is 5.92 Å². The first-order valence-electron chi connectivity index (χ1n) is 5.32. The highest BCUT2D eigenvalue weighted by Gasteiger charge is 2.23. The lowest BCUT2D eigenvalue weighted by Gasteiger charge is -2.08. The quantitative estimate of drug-likeness (QED) is 0.829. The Hall–Kier alpha value is -0.940. The summed E-state index contributed by atoms with van der Waals surface area (Å²) < 4.78 is 0. The van der Waals surface area contributed by atoms with Crippen LogP contribution in [0.3, 0.4) is 0 Å². The van der Waals surface area contributed by atoms with Crippen molar-refractivity contribution >= 4 is 17.3 Å². The molecule has 1 aromatic rings. The predicted molar refractivity (Wildman–Crippen MR) is 64.8 cm³/mol. The highest BCUT2D eigenvalue weighted by molar-refractivity contribution is 7.12. The van der Waals surface area contributed by atoms with Crippen molar-refractivity contribution in [2.24, 2.45) is 5.92 Å². The Bertz CT molecular complexity index is 374. The molecule has 0 aliphatic heterocycles. The number of aromatic nitrogens is 1. The molecule has 0 aliphatic rings. The molecule has 0 radical (unpaired) electrons.